The van der Waals surface area contributed by atoms with Crippen LogP contribution in [0.25, 0.3) is 0 Å². The smallest absolute Gasteiger partial charge is 0.125 e. The number of hydrogen-bond donors (Lipinski definition) is 0. The van der Waals surface area contributed by atoms with Crippen LogP contribution in [0, 0.1) is 11.2 Å². The molecule has 104 valence electrons. The van der Waals surface area contributed by atoms with Crippen LogP contribution in [0.2, 0.25) is 0 Å². The number of anilines is 1. The summed E-state index contributed by atoms with van der Waals surface area (Å²) >= 11 is 0. The number of likely N-dealkylation sites (N-methyl/N-ethyl adjacent to an activating group) is 1. The molecule has 0 atom stereocenters. The summed E-state index contributed by atoms with van der Waals surface area (Å²) < 4.78 is 13.3. The van der Waals surface area contributed by atoms with Gasteiger partial charge in [0, 0.05) is 19.3 Å². The third-order valence-electron chi connectivity index (χ3n) is 4.33. The first-order chi connectivity index (χ1) is 8.90. The molecule has 1 aromatic rings. The van der Waals surface area contributed by atoms with E-state index in [1.165, 1.54) is 36.5 Å². The van der Waals surface area contributed by atoms with Gasteiger partial charge in [0.05, 0.1) is 0 Å². The lowest BCUT2D eigenvalue weighted by Crippen LogP contribution is -2.30. The summed E-state index contributed by atoms with van der Waals surface area (Å²) in [5.74, 6) is -0.169. The van der Waals surface area contributed by atoms with E-state index in [1.54, 1.807) is 12.1 Å². The zero-order valence-corrected chi connectivity index (χ0v) is 12.5. The Kier molecular flexibility index (Phi) is 3.98. The van der Waals surface area contributed by atoms with Crippen molar-refractivity contribution in [2.45, 2.75) is 40.0 Å². The van der Waals surface area contributed by atoms with Crippen LogP contribution in [0.4, 0.5) is 10.1 Å². The van der Waals surface area contributed by atoms with Crippen molar-refractivity contribution in [3.05, 3.63) is 41.2 Å². The summed E-state index contributed by atoms with van der Waals surface area (Å²) in [6.45, 7) is 7.78. The minimum absolute atomic E-state index is 0.169. The second-order valence-electron chi connectivity index (χ2n) is 6.33. The molecule has 0 saturated carbocycles. The first-order valence-electron chi connectivity index (χ1n) is 7.06. The Morgan fingerprint density at radius 2 is 2.05 bits per heavy atom. The van der Waals surface area contributed by atoms with Gasteiger partial charge in [0.1, 0.15) is 5.82 Å². The molecule has 19 heavy (non-hydrogen) atoms. The normalized spacial score (nSPS) is 18.6. The van der Waals surface area contributed by atoms with Gasteiger partial charge in [0.2, 0.25) is 0 Å². The van der Waals surface area contributed by atoms with Gasteiger partial charge in [0.25, 0.3) is 0 Å². The molecule has 0 heterocycles. The highest BCUT2D eigenvalue weighted by Crippen LogP contribution is 2.40. The van der Waals surface area contributed by atoms with Gasteiger partial charge in [0.15, 0.2) is 0 Å². The van der Waals surface area contributed by atoms with Crippen molar-refractivity contribution in [1.82, 2.24) is 0 Å². The summed E-state index contributed by atoms with van der Waals surface area (Å²) in [5.41, 5.74) is 4.25. The first kappa shape index (κ1) is 14.1. The Labute approximate surface area is 116 Å². The summed E-state index contributed by atoms with van der Waals surface area (Å²) in [6, 6.07) is 6.83. The number of benzene rings is 1. The van der Waals surface area contributed by atoms with Crippen molar-refractivity contribution in [3.63, 3.8) is 0 Å². The van der Waals surface area contributed by atoms with Crippen LogP contribution in [-0.4, -0.2) is 13.6 Å². The Hall–Kier alpha value is -1.31. The number of halogens is 1. The number of hydrogen-bond acceptors (Lipinski definition) is 1. The van der Waals surface area contributed by atoms with Crippen molar-refractivity contribution < 1.29 is 4.39 Å². The molecule has 0 fully saturated rings. The van der Waals surface area contributed by atoms with Crippen LogP contribution in [0.1, 0.15) is 40.0 Å². The molecule has 2 heteroatoms. The number of rotatable bonds is 3. The standard InChI is InChI=1S/C17H24FN/c1-13-7-6-10-17(2,3)16(13)12-19(4)15-9-5-8-14(18)11-15/h5,8-9,11H,6-7,10,12H2,1-4H3. The van der Waals surface area contributed by atoms with E-state index >= 15 is 0 Å². The number of allylic oxidation sites excluding steroid dienone is 1. The van der Waals surface area contributed by atoms with E-state index in [1.807, 2.05) is 13.1 Å². The van der Waals surface area contributed by atoms with E-state index in [9.17, 15) is 4.39 Å². The molecule has 0 N–H and O–H groups in total. The van der Waals surface area contributed by atoms with Gasteiger partial charge in [-0.05, 0) is 55.4 Å². The predicted molar refractivity (Wildman–Crippen MR) is 80.0 cm³/mol. The molecule has 1 aromatic carbocycles. The Balaban J connectivity index is 2.20. The largest absolute Gasteiger partial charge is 0.370 e. The van der Waals surface area contributed by atoms with Crippen LogP contribution in [-0.2, 0) is 0 Å². The highest BCUT2D eigenvalue weighted by atomic mass is 19.1. The topological polar surface area (TPSA) is 3.24 Å². The van der Waals surface area contributed by atoms with Crippen LogP contribution in [0.15, 0.2) is 35.4 Å². The minimum Gasteiger partial charge on any atom is -0.370 e. The van der Waals surface area contributed by atoms with E-state index in [-0.39, 0.29) is 11.2 Å². The second-order valence-corrected chi connectivity index (χ2v) is 6.33. The maximum absolute atomic E-state index is 13.3. The highest BCUT2D eigenvalue weighted by molar-refractivity contribution is 5.47. The van der Waals surface area contributed by atoms with Crippen molar-refractivity contribution in [3.8, 4) is 0 Å². The van der Waals surface area contributed by atoms with Crippen molar-refractivity contribution in [1.29, 1.82) is 0 Å². The maximum Gasteiger partial charge on any atom is 0.125 e. The Morgan fingerprint density at radius 3 is 2.68 bits per heavy atom. The third-order valence-corrected chi connectivity index (χ3v) is 4.33. The van der Waals surface area contributed by atoms with Gasteiger partial charge in [-0.1, -0.05) is 25.5 Å². The van der Waals surface area contributed by atoms with Gasteiger partial charge < -0.3 is 4.90 Å². The van der Waals surface area contributed by atoms with Gasteiger partial charge >= 0.3 is 0 Å². The van der Waals surface area contributed by atoms with E-state index < -0.39 is 0 Å². The van der Waals surface area contributed by atoms with Gasteiger partial charge in [-0.2, -0.15) is 0 Å². The summed E-state index contributed by atoms with van der Waals surface area (Å²) in [6.07, 6.45) is 3.73. The molecule has 0 spiro atoms. The summed E-state index contributed by atoms with van der Waals surface area (Å²) in [4.78, 5) is 2.15. The fraction of sp³-hybridized carbons (Fsp3) is 0.529. The van der Waals surface area contributed by atoms with Gasteiger partial charge in [-0.15, -0.1) is 0 Å². The SMILES string of the molecule is CC1=C(CN(C)c2cccc(F)c2)C(C)(C)CCC1. The zero-order chi connectivity index (χ0) is 14.0. The third kappa shape index (κ3) is 3.17. The average molecular weight is 261 g/mol. The summed E-state index contributed by atoms with van der Waals surface area (Å²) in [7, 11) is 2.04. The molecule has 0 unspecified atom stereocenters. The molecule has 0 amide bonds. The maximum atomic E-state index is 13.3. The Bertz CT molecular complexity index is 488. The molecule has 0 radical (unpaired) electrons. The fourth-order valence-corrected chi connectivity index (χ4v) is 3.07. The van der Waals surface area contributed by atoms with E-state index in [2.05, 4.69) is 25.7 Å². The summed E-state index contributed by atoms with van der Waals surface area (Å²) in [5, 5.41) is 0. The zero-order valence-electron chi connectivity index (χ0n) is 12.5. The lowest BCUT2D eigenvalue weighted by molar-refractivity contribution is 0.361. The van der Waals surface area contributed by atoms with Crippen molar-refractivity contribution in [2.75, 3.05) is 18.5 Å². The fourth-order valence-electron chi connectivity index (χ4n) is 3.07. The van der Waals surface area contributed by atoms with Gasteiger partial charge in [-0.3, -0.25) is 0 Å². The quantitative estimate of drug-likeness (QED) is 0.707. The minimum atomic E-state index is -0.169. The van der Waals surface area contributed by atoms with Crippen LogP contribution >= 0.6 is 0 Å². The number of nitrogens with zero attached hydrogens (tertiary/aromatic N) is 1. The van der Waals surface area contributed by atoms with Crippen LogP contribution in [0.5, 0.6) is 0 Å². The lowest BCUT2D eigenvalue weighted by Gasteiger charge is -2.37. The van der Waals surface area contributed by atoms with Crippen molar-refractivity contribution >= 4 is 5.69 Å². The van der Waals surface area contributed by atoms with E-state index in [0.717, 1.165) is 12.2 Å². The molecule has 0 aromatic heterocycles. The molecule has 2 rings (SSSR count). The lowest BCUT2D eigenvalue weighted by atomic mass is 9.72. The monoisotopic (exact) mass is 261 g/mol. The molecular weight excluding hydrogens is 237 g/mol. The predicted octanol–water partition coefficient (Wildman–Crippen LogP) is 4.79. The molecular formula is C17H24FN. The first-order valence-corrected chi connectivity index (χ1v) is 7.06. The van der Waals surface area contributed by atoms with E-state index in [4.69, 9.17) is 0 Å². The molecule has 1 aliphatic carbocycles. The second kappa shape index (κ2) is 5.36. The van der Waals surface area contributed by atoms with Crippen LogP contribution < -0.4 is 4.90 Å². The Morgan fingerprint density at radius 1 is 1.32 bits per heavy atom. The van der Waals surface area contributed by atoms with Gasteiger partial charge in [-0.25, -0.2) is 4.39 Å². The highest BCUT2D eigenvalue weighted by Gasteiger charge is 2.28. The molecule has 1 nitrogen and oxygen atoms in total. The van der Waals surface area contributed by atoms with E-state index in [0.29, 0.717) is 0 Å². The molecule has 0 bridgehead atoms. The molecule has 0 saturated heterocycles. The van der Waals surface area contributed by atoms with Crippen molar-refractivity contribution in [2.24, 2.45) is 5.41 Å². The molecule has 1 aliphatic rings. The average Bonchev–Trinajstić information content (AvgIpc) is 2.33. The van der Waals surface area contributed by atoms with Crippen LogP contribution in [0.3, 0.4) is 0 Å². The molecule has 0 aliphatic heterocycles.